The van der Waals surface area contributed by atoms with Crippen LogP contribution in [-0.4, -0.2) is 14.8 Å². The topological polar surface area (TPSA) is 30.7 Å². The Morgan fingerprint density at radius 3 is 2.76 bits per heavy atom. The Labute approximate surface area is 113 Å². The lowest BCUT2D eigenvalue weighted by Gasteiger charge is -2.07. The molecule has 88 valence electrons. The van der Waals surface area contributed by atoms with Crippen molar-refractivity contribution >= 4 is 27.5 Å². The molecule has 1 aliphatic carbocycles. The van der Waals surface area contributed by atoms with E-state index in [0.717, 1.165) is 34.0 Å². The lowest BCUT2D eigenvalue weighted by Crippen LogP contribution is -2.00. The van der Waals surface area contributed by atoms with Gasteiger partial charge in [0.2, 0.25) is 0 Å². The number of aryl methyl sites for hydroxylation is 1. The molecule has 5 heteroatoms. The maximum atomic E-state index is 6.37. The zero-order valence-electron chi connectivity index (χ0n) is 9.16. The highest BCUT2D eigenvalue weighted by Crippen LogP contribution is 2.29. The Morgan fingerprint density at radius 2 is 2.06 bits per heavy atom. The van der Waals surface area contributed by atoms with Crippen molar-refractivity contribution in [2.45, 2.75) is 25.7 Å². The van der Waals surface area contributed by atoms with Crippen molar-refractivity contribution in [2.24, 2.45) is 0 Å². The standard InChI is InChI=1S/C12H11BrClN3/c13-8-5-6-11(15-7-8)17-12(14)9-3-1-2-4-10(9)16-17/h5-7H,1-4H2. The third kappa shape index (κ3) is 2.00. The van der Waals surface area contributed by atoms with E-state index in [2.05, 4.69) is 26.0 Å². The predicted octanol–water partition coefficient (Wildman–Crippen LogP) is 3.56. The Bertz CT molecular complexity index is 548. The van der Waals surface area contributed by atoms with Gasteiger partial charge in [-0.1, -0.05) is 11.6 Å². The van der Waals surface area contributed by atoms with Gasteiger partial charge in [-0.3, -0.25) is 0 Å². The Hall–Kier alpha value is -0.870. The number of fused-ring (bicyclic) bond motifs is 1. The van der Waals surface area contributed by atoms with Crippen LogP contribution in [0.3, 0.4) is 0 Å². The summed E-state index contributed by atoms with van der Waals surface area (Å²) in [5.74, 6) is 0.771. The molecule has 0 amide bonds. The molecule has 0 atom stereocenters. The first-order valence-electron chi connectivity index (χ1n) is 5.64. The highest BCUT2D eigenvalue weighted by atomic mass is 79.9. The monoisotopic (exact) mass is 311 g/mol. The van der Waals surface area contributed by atoms with Gasteiger partial charge in [0.1, 0.15) is 5.15 Å². The van der Waals surface area contributed by atoms with Crippen molar-refractivity contribution in [3.63, 3.8) is 0 Å². The fourth-order valence-corrected chi connectivity index (χ4v) is 2.72. The van der Waals surface area contributed by atoms with Gasteiger partial charge in [-0.05, 0) is 53.7 Å². The molecule has 0 saturated carbocycles. The summed E-state index contributed by atoms with van der Waals surface area (Å²) >= 11 is 9.73. The Morgan fingerprint density at radius 1 is 1.24 bits per heavy atom. The number of nitrogens with zero attached hydrogens (tertiary/aromatic N) is 3. The summed E-state index contributed by atoms with van der Waals surface area (Å²) in [6.45, 7) is 0. The average Bonchev–Trinajstić information content (AvgIpc) is 2.69. The number of pyridine rings is 1. The Balaban J connectivity index is 2.09. The van der Waals surface area contributed by atoms with Gasteiger partial charge in [0, 0.05) is 16.2 Å². The molecular weight excluding hydrogens is 302 g/mol. The molecule has 0 bridgehead atoms. The van der Waals surface area contributed by atoms with Crippen LogP contribution >= 0.6 is 27.5 Å². The van der Waals surface area contributed by atoms with Gasteiger partial charge >= 0.3 is 0 Å². The van der Waals surface area contributed by atoms with Crippen LogP contribution < -0.4 is 0 Å². The quantitative estimate of drug-likeness (QED) is 0.806. The van der Waals surface area contributed by atoms with Crippen molar-refractivity contribution < 1.29 is 0 Å². The first-order valence-corrected chi connectivity index (χ1v) is 6.81. The van der Waals surface area contributed by atoms with Crippen LogP contribution in [0.5, 0.6) is 0 Å². The van der Waals surface area contributed by atoms with Crippen molar-refractivity contribution in [3.05, 3.63) is 39.2 Å². The molecule has 3 nitrogen and oxygen atoms in total. The summed E-state index contributed by atoms with van der Waals surface area (Å²) in [5, 5.41) is 5.27. The second-order valence-corrected chi connectivity index (χ2v) is 5.44. The summed E-state index contributed by atoms with van der Waals surface area (Å²) in [6, 6.07) is 3.85. The van der Waals surface area contributed by atoms with Crippen LogP contribution in [0, 0.1) is 0 Å². The molecule has 2 aromatic rings. The summed E-state index contributed by atoms with van der Waals surface area (Å²) in [7, 11) is 0. The number of hydrogen-bond donors (Lipinski definition) is 0. The molecule has 0 fully saturated rings. The van der Waals surface area contributed by atoms with E-state index >= 15 is 0 Å². The Kier molecular flexibility index (Phi) is 2.92. The van der Waals surface area contributed by atoms with Crippen molar-refractivity contribution in [1.29, 1.82) is 0 Å². The zero-order chi connectivity index (χ0) is 11.8. The van der Waals surface area contributed by atoms with Gasteiger partial charge in [0.25, 0.3) is 0 Å². The summed E-state index contributed by atoms with van der Waals surface area (Å²) < 4.78 is 2.69. The van der Waals surface area contributed by atoms with Gasteiger partial charge in [-0.2, -0.15) is 5.10 Å². The molecule has 2 heterocycles. The van der Waals surface area contributed by atoms with E-state index in [9.17, 15) is 0 Å². The van der Waals surface area contributed by atoms with Crippen LogP contribution in [0.25, 0.3) is 5.82 Å². The second-order valence-electron chi connectivity index (χ2n) is 4.17. The highest BCUT2D eigenvalue weighted by Gasteiger charge is 2.20. The summed E-state index contributed by atoms with van der Waals surface area (Å²) in [6.07, 6.45) is 6.22. The van der Waals surface area contributed by atoms with Crippen LogP contribution in [0.1, 0.15) is 24.1 Å². The van der Waals surface area contributed by atoms with Crippen LogP contribution in [0.15, 0.2) is 22.8 Å². The molecule has 0 unspecified atom stereocenters. The molecule has 0 radical (unpaired) electrons. The first-order chi connectivity index (χ1) is 8.25. The van der Waals surface area contributed by atoms with Crippen molar-refractivity contribution in [3.8, 4) is 5.82 Å². The molecule has 17 heavy (non-hydrogen) atoms. The SMILES string of the molecule is Clc1c2c(nn1-c1ccc(Br)cn1)CCCC2. The highest BCUT2D eigenvalue weighted by molar-refractivity contribution is 9.10. The number of halogens is 2. The summed E-state index contributed by atoms with van der Waals surface area (Å²) in [5.41, 5.74) is 2.33. The molecule has 1 aliphatic rings. The number of rotatable bonds is 1. The third-order valence-electron chi connectivity index (χ3n) is 3.02. The van der Waals surface area contributed by atoms with Gasteiger partial charge in [-0.15, -0.1) is 0 Å². The average molecular weight is 313 g/mol. The van der Waals surface area contributed by atoms with E-state index in [1.165, 1.54) is 18.4 Å². The van der Waals surface area contributed by atoms with Gasteiger partial charge in [0.05, 0.1) is 5.69 Å². The van der Waals surface area contributed by atoms with Gasteiger partial charge in [0.15, 0.2) is 5.82 Å². The zero-order valence-corrected chi connectivity index (χ0v) is 11.5. The lowest BCUT2D eigenvalue weighted by molar-refractivity contribution is 0.670. The van der Waals surface area contributed by atoms with E-state index in [-0.39, 0.29) is 0 Å². The van der Waals surface area contributed by atoms with E-state index in [0.29, 0.717) is 0 Å². The number of hydrogen-bond acceptors (Lipinski definition) is 2. The molecule has 0 aromatic carbocycles. The third-order valence-corrected chi connectivity index (χ3v) is 3.88. The second kappa shape index (κ2) is 4.42. The smallest absolute Gasteiger partial charge is 0.155 e. The predicted molar refractivity (Wildman–Crippen MR) is 70.7 cm³/mol. The maximum absolute atomic E-state index is 6.37. The summed E-state index contributed by atoms with van der Waals surface area (Å²) in [4.78, 5) is 4.32. The van der Waals surface area contributed by atoms with E-state index < -0.39 is 0 Å². The van der Waals surface area contributed by atoms with E-state index in [1.807, 2.05) is 12.1 Å². The van der Waals surface area contributed by atoms with Crippen molar-refractivity contribution in [1.82, 2.24) is 14.8 Å². The van der Waals surface area contributed by atoms with Crippen LogP contribution in [0.2, 0.25) is 5.15 Å². The largest absolute Gasteiger partial charge is 0.236 e. The fraction of sp³-hybridized carbons (Fsp3) is 0.333. The van der Waals surface area contributed by atoms with Crippen molar-refractivity contribution in [2.75, 3.05) is 0 Å². The van der Waals surface area contributed by atoms with E-state index in [4.69, 9.17) is 11.6 Å². The van der Waals surface area contributed by atoms with Gasteiger partial charge < -0.3 is 0 Å². The normalized spacial score (nSPS) is 14.7. The molecule has 2 aromatic heterocycles. The molecule has 0 N–H and O–H groups in total. The number of aromatic nitrogens is 3. The molecule has 0 saturated heterocycles. The molecule has 0 aliphatic heterocycles. The molecule has 0 spiro atoms. The molecule has 3 rings (SSSR count). The lowest BCUT2D eigenvalue weighted by atomic mass is 9.99. The minimum atomic E-state index is 0.717. The minimum Gasteiger partial charge on any atom is -0.236 e. The molecular formula is C12H11BrClN3. The van der Waals surface area contributed by atoms with Crippen LogP contribution in [0.4, 0.5) is 0 Å². The maximum Gasteiger partial charge on any atom is 0.155 e. The first kappa shape index (κ1) is 11.2. The fourth-order valence-electron chi connectivity index (χ4n) is 2.16. The van der Waals surface area contributed by atoms with Gasteiger partial charge in [-0.25, -0.2) is 9.67 Å². The van der Waals surface area contributed by atoms with Crippen LogP contribution in [-0.2, 0) is 12.8 Å². The van der Waals surface area contributed by atoms with E-state index in [1.54, 1.807) is 10.9 Å². The minimum absolute atomic E-state index is 0.717.